The Kier molecular flexibility index (Phi) is 5.24. The highest BCUT2D eigenvalue weighted by atomic mass is 16.1. The van der Waals surface area contributed by atoms with Crippen LogP contribution in [0.3, 0.4) is 0 Å². The number of fused-ring (bicyclic) bond motifs is 1. The first-order valence-corrected chi connectivity index (χ1v) is 9.59. The van der Waals surface area contributed by atoms with Gasteiger partial charge in [0.2, 0.25) is 0 Å². The number of rotatable bonds is 6. The number of aromatic amines is 1. The summed E-state index contributed by atoms with van der Waals surface area (Å²) < 4.78 is 0. The molecule has 0 aliphatic rings. The van der Waals surface area contributed by atoms with Crippen LogP contribution in [0.15, 0.2) is 61.1 Å². The van der Waals surface area contributed by atoms with Crippen LogP contribution < -0.4 is 10.6 Å². The average molecular weight is 385 g/mol. The molecule has 0 atom stereocenters. The van der Waals surface area contributed by atoms with Crippen LogP contribution in [0, 0.1) is 13.8 Å². The number of nitrogens with zero attached hydrogens (tertiary/aromatic N) is 2. The lowest BCUT2D eigenvalue weighted by Crippen LogP contribution is -2.26. The number of H-pyrrole nitrogens is 1. The third kappa shape index (κ3) is 4.27. The molecule has 0 aliphatic carbocycles. The number of anilines is 2. The lowest BCUT2D eigenvalue weighted by Gasteiger charge is -2.08. The highest BCUT2D eigenvalue weighted by Crippen LogP contribution is 2.19. The fourth-order valence-electron chi connectivity index (χ4n) is 3.22. The Hall–Kier alpha value is -3.67. The predicted molar refractivity (Wildman–Crippen MR) is 116 cm³/mol. The molecule has 2 heterocycles. The SMILES string of the molecule is Cc1ccc(Nc2cnc(C(=O)NCCc3c[nH]c4ccccc34)cn2)cc1C. The number of hydrogen-bond acceptors (Lipinski definition) is 4. The number of aryl methyl sites for hydroxylation is 2. The normalized spacial score (nSPS) is 10.8. The second kappa shape index (κ2) is 8.14. The summed E-state index contributed by atoms with van der Waals surface area (Å²) in [5, 5.41) is 7.30. The quantitative estimate of drug-likeness (QED) is 0.462. The van der Waals surface area contributed by atoms with Crippen molar-refractivity contribution in [3.63, 3.8) is 0 Å². The largest absolute Gasteiger partial charge is 0.361 e. The first kappa shape index (κ1) is 18.7. The highest BCUT2D eigenvalue weighted by molar-refractivity contribution is 5.92. The summed E-state index contributed by atoms with van der Waals surface area (Å²) in [6, 6.07) is 14.2. The average Bonchev–Trinajstić information content (AvgIpc) is 3.14. The van der Waals surface area contributed by atoms with Crippen molar-refractivity contribution in [3.8, 4) is 0 Å². The van der Waals surface area contributed by atoms with E-state index in [0.717, 1.165) is 17.6 Å². The van der Waals surface area contributed by atoms with Crippen LogP contribution in [0.1, 0.15) is 27.2 Å². The van der Waals surface area contributed by atoms with Gasteiger partial charge in [-0.3, -0.25) is 4.79 Å². The molecule has 2 aromatic carbocycles. The summed E-state index contributed by atoms with van der Waals surface area (Å²) in [4.78, 5) is 24.1. The Labute approximate surface area is 169 Å². The monoisotopic (exact) mass is 385 g/mol. The summed E-state index contributed by atoms with van der Waals surface area (Å²) >= 11 is 0. The zero-order chi connectivity index (χ0) is 20.2. The van der Waals surface area contributed by atoms with Crippen molar-refractivity contribution in [2.45, 2.75) is 20.3 Å². The first-order chi connectivity index (χ1) is 14.1. The lowest BCUT2D eigenvalue weighted by molar-refractivity contribution is 0.0949. The molecular formula is C23H23N5O. The van der Waals surface area contributed by atoms with Crippen LogP contribution in [0.5, 0.6) is 0 Å². The maximum Gasteiger partial charge on any atom is 0.271 e. The van der Waals surface area contributed by atoms with Gasteiger partial charge in [-0.25, -0.2) is 9.97 Å². The van der Waals surface area contributed by atoms with Crippen LogP contribution in [0.2, 0.25) is 0 Å². The van der Waals surface area contributed by atoms with E-state index in [1.54, 1.807) is 6.20 Å². The molecule has 0 radical (unpaired) electrons. The van der Waals surface area contributed by atoms with Gasteiger partial charge in [-0.1, -0.05) is 24.3 Å². The molecule has 1 amide bonds. The van der Waals surface area contributed by atoms with Crippen molar-refractivity contribution in [1.29, 1.82) is 0 Å². The summed E-state index contributed by atoms with van der Waals surface area (Å²) in [6.07, 6.45) is 5.80. The molecule has 0 spiro atoms. The number of aromatic nitrogens is 3. The smallest absolute Gasteiger partial charge is 0.271 e. The van der Waals surface area contributed by atoms with E-state index < -0.39 is 0 Å². The Morgan fingerprint density at radius 1 is 1.03 bits per heavy atom. The van der Waals surface area contributed by atoms with Crippen molar-refractivity contribution >= 4 is 28.3 Å². The highest BCUT2D eigenvalue weighted by Gasteiger charge is 2.09. The zero-order valence-corrected chi connectivity index (χ0v) is 16.5. The number of para-hydroxylation sites is 1. The number of hydrogen-bond donors (Lipinski definition) is 3. The minimum Gasteiger partial charge on any atom is -0.361 e. The second-order valence-corrected chi connectivity index (χ2v) is 7.08. The van der Waals surface area contributed by atoms with Gasteiger partial charge in [-0.15, -0.1) is 0 Å². The van der Waals surface area contributed by atoms with Crippen molar-refractivity contribution in [2.24, 2.45) is 0 Å². The summed E-state index contributed by atoms with van der Waals surface area (Å²) in [6.45, 7) is 4.67. The van der Waals surface area contributed by atoms with Gasteiger partial charge < -0.3 is 15.6 Å². The molecule has 0 aliphatic heterocycles. The lowest BCUT2D eigenvalue weighted by atomic mass is 10.1. The molecule has 2 aromatic heterocycles. The van der Waals surface area contributed by atoms with E-state index >= 15 is 0 Å². The number of benzene rings is 2. The second-order valence-electron chi connectivity index (χ2n) is 7.08. The van der Waals surface area contributed by atoms with Crippen molar-refractivity contribution < 1.29 is 4.79 Å². The first-order valence-electron chi connectivity index (χ1n) is 9.59. The molecule has 0 unspecified atom stereocenters. The minimum atomic E-state index is -0.227. The van der Waals surface area contributed by atoms with Gasteiger partial charge >= 0.3 is 0 Å². The predicted octanol–water partition coefficient (Wildman–Crippen LogP) is 4.29. The van der Waals surface area contributed by atoms with Gasteiger partial charge in [0, 0.05) is 29.3 Å². The van der Waals surface area contributed by atoms with Gasteiger partial charge in [0.15, 0.2) is 0 Å². The molecule has 6 nitrogen and oxygen atoms in total. The van der Waals surface area contributed by atoms with Crippen molar-refractivity contribution in [2.75, 3.05) is 11.9 Å². The van der Waals surface area contributed by atoms with Crippen LogP contribution in [-0.4, -0.2) is 27.4 Å². The van der Waals surface area contributed by atoms with E-state index in [0.29, 0.717) is 18.1 Å². The van der Waals surface area contributed by atoms with Gasteiger partial charge in [0.1, 0.15) is 11.5 Å². The molecule has 0 saturated carbocycles. The Morgan fingerprint density at radius 2 is 1.90 bits per heavy atom. The van der Waals surface area contributed by atoms with Gasteiger partial charge in [-0.05, 0) is 55.2 Å². The van der Waals surface area contributed by atoms with Crippen LogP contribution >= 0.6 is 0 Å². The third-order valence-electron chi connectivity index (χ3n) is 5.02. The van der Waals surface area contributed by atoms with E-state index in [-0.39, 0.29) is 5.91 Å². The Bertz CT molecular complexity index is 1150. The van der Waals surface area contributed by atoms with Crippen LogP contribution in [0.4, 0.5) is 11.5 Å². The standard InChI is InChI=1S/C23H23N5O/c1-15-7-8-18(11-16(15)2)28-22-14-26-21(13-27-22)23(29)24-10-9-17-12-25-20-6-4-3-5-19(17)20/h3-8,11-14,25H,9-10H2,1-2H3,(H,24,29)(H,27,28). The number of amides is 1. The molecule has 4 rings (SSSR count). The van der Waals surface area contributed by atoms with Crippen LogP contribution in [-0.2, 0) is 6.42 Å². The zero-order valence-electron chi connectivity index (χ0n) is 16.5. The topological polar surface area (TPSA) is 82.7 Å². The maximum absolute atomic E-state index is 12.3. The molecule has 0 saturated heterocycles. The van der Waals surface area contributed by atoms with E-state index in [1.807, 2.05) is 30.5 Å². The number of carbonyl (C=O) groups excluding carboxylic acids is 1. The molecule has 146 valence electrons. The molecule has 29 heavy (non-hydrogen) atoms. The molecule has 0 fully saturated rings. The fourth-order valence-corrected chi connectivity index (χ4v) is 3.22. The third-order valence-corrected chi connectivity index (χ3v) is 5.02. The van der Waals surface area contributed by atoms with E-state index in [4.69, 9.17) is 0 Å². The Balaban J connectivity index is 1.33. The maximum atomic E-state index is 12.3. The molecular weight excluding hydrogens is 362 g/mol. The van der Waals surface area contributed by atoms with Crippen molar-refractivity contribution in [3.05, 3.63) is 83.4 Å². The number of carbonyl (C=O) groups is 1. The van der Waals surface area contributed by atoms with Crippen molar-refractivity contribution in [1.82, 2.24) is 20.3 Å². The summed E-state index contributed by atoms with van der Waals surface area (Å²) in [5.41, 5.74) is 5.97. The summed E-state index contributed by atoms with van der Waals surface area (Å²) in [7, 11) is 0. The number of nitrogens with one attached hydrogen (secondary N) is 3. The Morgan fingerprint density at radius 3 is 2.69 bits per heavy atom. The molecule has 6 heteroatoms. The van der Waals surface area contributed by atoms with E-state index in [1.165, 1.54) is 28.3 Å². The minimum absolute atomic E-state index is 0.227. The molecule has 0 bridgehead atoms. The molecule has 4 aromatic rings. The van der Waals surface area contributed by atoms with Gasteiger partial charge in [0.05, 0.1) is 12.4 Å². The van der Waals surface area contributed by atoms with Gasteiger partial charge in [0.25, 0.3) is 5.91 Å². The van der Waals surface area contributed by atoms with Gasteiger partial charge in [-0.2, -0.15) is 0 Å². The van der Waals surface area contributed by atoms with E-state index in [9.17, 15) is 4.79 Å². The van der Waals surface area contributed by atoms with E-state index in [2.05, 4.69) is 57.6 Å². The summed E-state index contributed by atoms with van der Waals surface area (Å²) in [5.74, 6) is 0.374. The molecule has 3 N–H and O–H groups in total. The van der Waals surface area contributed by atoms with Crippen LogP contribution in [0.25, 0.3) is 10.9 Å². The fraction of sp³-hybridized carbons (Fsp3) is 0.174.